The first-order chi connectivity index (χ1) is 13.7. The minimum Gasteiger partial charge on any atom is -0.494 e. The van der Waals surface area contributed by atoms with Crippen molar-refractivity contribution in [1.29, 1.82) is 0 Å². The Morgan fingerprint density at radius 1 is 1.25 bits per heavy atom. The highest BCUT2D eigenvalue weighted by molar-refractivity contribution is 5.74. The summed E-state index contributed by atoms with van der Waals surface area (Å²) in [5.74, 6) is 0.845. The van der Waals surface area contributed by atoms with Gasteiger partial charge in [-0.3, -0.25) is 4.98 Å². The Kier molecular flexibility index (Phi) is 7.25. The molecule has 6 nitrogen and oxygen atoms in total. The van der Waals surface area contributed by atoms with Gasteiger partial charge in [0.15, 0.2) is 0 Å². The smallest absolute Gasteiger partial charge is 0.317 e. The lowest BCUT2D eigenvalue weighted by Gasteiger charge is -2.32. The van der Waals surface area contributed by atoms with Gasteiger partial charge in [-0.05, 0) is 56.0 Å². The number of rotatable bonds is 7. The Hall–Kier alpha value is -2.60. The maximum atomic E-state index is 12.6. The summed E-state index contributed by atoms with van der Waals surface area (Å²) in [6.07, 6.45) is 5.48. The Balaban J connectivity index is 1.41. The fourth-order valence-electron chi connectivity index (χ4n) is 3.30. The van der Waals surface area contributed by atoms with Crippen molar-refractivity contribution in [3.63, 3.8) is 0 Å². The van der Waals surface area contributed by atoms with Crippen molar-refractivity contribution in [2.45, 2.75) is 45.4 Å². The number of urea groups is 1. The highest BCUT2D eigenvalue weighted by atomic mass is 16.5. The molecule has 0 spiro atoms. The highest BCUT2D eigenvalue weighted by Gasteiger charge is 2.24. The molecular formula is C22H29N3O3. The summed E-state index contributed by atoms with van der Waals surface area (Å²) in [5, 5.41) is 3.09. The zero-order valence-electron chi connectivity index (χ0n) is 16.6. The number of amides is 2. The number of likely N-dealkylation sites (tertiary alicyclic amines) is 1. The molecule has 1 aliphatic heterocycles. The van der Waals surface area contributed by atoms with Gasteiger partial charge in [0.1, 0.15) is 5.75 Å². The van der Waals surface area contributed by atoms with Crippen LogP contribution in [0, 0.1) is 0 Å². The number of nitrogens with zero attached hydrogens (tertiary/aromatic N) is 2. The van der Waals surface area contributed by atoms with Gasteiger partial charge in [-0.25, -0.2) is 4.79 Å². The lowest BCUT2D eigenvalue weighted by Crippen LogP contribution is -2.46. The zero-order valence-corrected chi connectivity index (χ0v) is 16.6. The van der Waals surface area contributed by atoms with E-state index < -0.39 is 0 Å². The predicted molar refractivity (Wildman–Crippen MR) is 108 cm³/mol. The van der Waals surface area contributed by atoms with Gasteiger partial charge < -0.3 is 19.7 Å². The molecule has 0 radical (unpaired) electrons. The summed E-state index contributed by atoms with van der Waals surface area (Å²) in [6.45, 7) is 6.59. The molecular weight excluding hydrogens is 354 g/mol. The van der Waals surface area contributed by atoms with Gasteiger partial charge in [0.2, 0.25) is 0 Å². The third kappa shape index (κ3) is 5.70. The Bertz CT molecular complexity index is 728. The van der Waals surface area contributed by atoms with Gasteiger partial charge in [0, 0.05) is 25.5 Å². The molecule has 1 atom stereocenters. The molecule has 0 aliphatic carbocycles. The summed E-state index contributed by atoms with van der Waals surface area (Å²) in [7, 11) is 0. The summed E-state index contributed by atoms with van der Waals surface area (Å²) in [5.41, 5.74) is 2.14. The lowest BCUT2D eigenvalue weighted by atomic mass is 10.1. The van der Waals surface area contributed by atoms with Crippen LogP contribution in [0.1, 0.15) is 43.9 Å². The first kappa shape index (κ1) is 20.1. The van der Waals surface area contributed by atoms with Crippen molar-refractivity contribution in [2.24, 2.45) is 0 Å². The maximum absolute atomic E-state index is 12.6. The third-order valence-electron chi connectivity index (χ3n) is 4.97. The minimum atomic E-state index is -0.0530. The normalized spacial score (nSPS) is 15.9. The Morgan fingerprint density at radius 3 is 2.64 bits per heavy atom. The van der Waals surface area contributed by atoms with Crippen LogP contribution in [0.4, 0.5) is 4.79 Å². The summed E-state index contributed by atoms with van der Waals surface area (Å²) in [6, 6.07) is 11.7. The Morgan fingerprint density at radius 2 is 2.00 bits per heavy atom. The predicted octanol–water partition coefficient (Wildman–Crippen LogP) is 3.93. The monoisotopic (exact) mass is 383 g/mol. The number of benzene rings is 1. The lowest BCUT2D eigenvalue weighted by molar-refractivity contribution is 0.00421. The molecule has 0 saturated carbocycles. The van der Waals surface area contributed by atoms with Crippen LogP contribution in [0.15, 0.2) is 48.8 Å². The van der Waals surface area contributed by atoms with Gasteiger partial charge in [0.05, 0.1) is 25.4 Å². The average molecular weight is 383 g/mol. The van der Waals surface area contributed by atoms with Gasteiger partial charge in [-0.15, -0.1) is 0 Å². The molecule has 2 aromatic rings. The van der Waals surface area contributed by atoms with Crippen LogP contribution in [-0.2, 0) is 11.3 Å². The molecule has 1 saturated heterocycles. The van der Waals surface area contributed by atoms with Crippen LogP contribution >= 0.6 is 0 Å². The molecule has 2 amide bonds. The molecule has 1 aromatic heterocycles. The number of piperidine rings is 1. The van der Waals surface area contributed by atoms with Gasteiger partial charge in [0.25, 0.3) is 0 Å². The van der Waals surface area contributed by atoms with Crippen LogP contribution < -0.4 is 10.1 Å². The van der Waals surface area contributed by atoms with Crippen LogP contribution in [0.2, 0.25) is 0 Å². The molecule has 1 N–H and O–H groups in total. The van der Waals surface area contributed by atoms with E-state index in [-0.39, 0.29) is 18.2 Å². The maximum Gasteiger partial charge on any atom is 0.317 e. The molecule has 2 heterocycles. The van der Waals surface area contributed by atoms with Crippen molar-refractivity contribution in [1.82, 2.24) is 15.2 Å². The number of pyridine rings is 1. The van der Waals surface area contributed by atoms with Crippen LogP contribution in [-0.4, -0.2) is 41.7 Å². The largest absolute Gasteiger partial charge is 0.494 e. The number of hydrogen-bond acceptors (Lipinski definition) is 4. The van der Waals surface area contributed by atoms with E-state index in [1.807, 2.05) is 61.3 Å². The van der Waals surface area contributed by atoms with Crippen molar-refractivity contribution < 1.29 is 14.3 Å². The van der Waals surface area contributed by atoms with Crippen LogP contribution in [0.25, 0.3) is 0 Å². The fraction of sp³-hybridized carbons (Fsp3) is 0.455. The van der Waals surface area contributed by atoms with E-state index in [0.717, 1.165) is 29.7 Å². The molecule has 28 heavy (non-hydrogen) atoms. The molecule has 0 bridgehead atoms. The summed E-state index contributed by atoms with van der Waals surface area (Å²) < 4.78 is 11.4. The van der Waals surface area contributed by atoms with Crippen molar-refractivity contribution >= 4 is 6.03 Å². The molecule has 3 rings (SSSR count). The van der Waals surface area contributed by atoms with E-state index in [0.29, 0.717) is 26.3 Å². The molecule has 150 valence electrons. The minimum absolute atomic E-state index is 0.0212. The molecule has 6 heteroatoms. The fourth-order valence-corrected chi connectivity index (χ4v) is 3.30. The standard InChI is InChI=1S/C22H29N3O3/c1-3-27-20-8-6-19(7-9-20)17(2)24-22(26)25-13-10-21(11-14-25)28-16-18-5-4-12-23-15-18/h4-9,12,15,17,21H,3,10-11,13-14,16H2,1-2H3,(H,24,26). The van der Waals surface area contributed by atoms with Crippen LogP contribution in [0.3, 0.4) is 0 Å². The number of aromatic nitrogens is 1. The highest BCUT2D eigenvalue weighted by Crippen LogP contribution is 2.19. The van der Waals surface area contributed by atoms with Crippen molar-refractivity contribution in [3.05, 3.63) is 59.9 Å². The quantitative estimate of drug-likeness (QED) is 0.787. The molecule has 1 aliphatic rings. The molecule has 1 aromatic carbocycles. The third-order valence-corrected chi connectivity index (χ3v) is 4.97. The Labute approximate surface area is 166 Å². The van der Waals surface area contributed by atoms with Crippen molar-refractivity contribution in [3.8, 4) is 5.75 Å². The average Bonchev–Trinajstić information content (AvgIpc) is 2.74. The van der Waals surface area contributed by atoms with Crippen LogP contribution in [0.5, 0.6) is 5.75 Å². The molecule has 1 unspecified atom stereocenters. The summed E-state index contributed by atoms with van der Waals surface area (Å²) >= 11 is 0. The summed E-state index contributed by atoms with van der Waals surface area (Å²) in [4.78, 5) is 18.6. The van der Waals surface area contributed by atoms with E-state index in [1.54, 1.807) is 6.20 Å². The second-order valence-corrected chi connectivity index (χ2v) is 7.03. The van der Waals surface area contributed by atoms with E-state index in [4.69, 9.17) is 9.47 Å². The van der Waals surface area contributed by atoms with E-state index in [1.165, 1.54) is 0 Å². The number of carbonyl (C=O) groups is 1. The zero-order chi connectivity index (χ0) is 19.8. The molecule has 1 fully saturated rings. The first-order valence-electron chi connectivity index (χ1n) is 9.94. The van der Waals surface area contributed by atoms with Gasteiger partial charge in [-0.1, -0.05) is 18.2 Å². The number of carbonyl (C=O) groups excluding carboxylic acids is 1. The van der Waals surface area contributed by atoms with E-state index in [9.17, 15) is 4.79 Å². The topological polar surface area (TPSA) is 63.7 Å². The van der Waals surface area contributed by atoms with Crippen molar-refractivity contribution in [2.75, 3.05) is 19.7 Å². The van der Waals surface area contributed by atoms with Gasteiger partial charge in [-0.2, -0.15) is 0 Å². The second-order valence-electron chi connectivity index (χ2n) is 7.03. The van der Waals surface area contributed by atoms with E-state index >= 15 is 0 Å². The SMILES string of the molecule is CCOc1ccc(C(C)NC(=O)N2CCC(OCc3cccnc3)CC2)cc1. The van der Waals surface area contributed by atoms with Gasteiger partial charge >= 0.3 is 6.03 Å². The first-order valence-corrected chi connectivity index (χ1v) is 9.94. The number of nitrogens with one attached hydrogen (secondary N) is 1. The second kappa shape index (κ2) is 10.1. The van der Waals surface area contributed by atoms with E-state index in [2.05, 4.69) is 10.3 Å². The number of hydrogen-bond donors (Lipinski definition) is 1. The number of ether oxygens (including phenoxy) is 2.